The Hall–Kier alpha value is -1.81. The fraction of sp³-hybridized carbons (Fsp3) is 0.810. The molecule has 310 valence electrons. The third-order valence-electron chi connectivity index (χ3n) is 8.87. The van der Waals surface area contributed by atoms with Crippen LogP contribution in [0.25, 0.3) is 0 Å². The van der Waals surface area contributed by atoms with Crippen LogP contribution in [0.4, 0.5) is 0 Å². The molecular formula is C42H77O10P. The van der Waals surface area contributed by atoms with Gasteiger partial charge in [0, 0.05) is 12.8 Å². The predicted molar refractivity (Wildman–Crippen MR) is 214 cm³/mol. The van der Waals surface area contributed by atoms with Crippen molar-refractivity contribution in [2.45, 2.75) is 193 Å². The van der Waals surface area contributed by atoms with Gasteiger partial charge in [-0.25, -0.2) is 4.57 Å². The standard InChI is InChI=1S/C42H77O10P/c1-3-5-7-9-11-13-15-17-19-21-23-25-27-29-31-33-41(45)51-39(35-43)37-49-53(47,48)50-38-40(36-44)52-42(46)34-32-30-28-26-24-22-20-18-16-14-12-10-8-6-4-2/h5,7,11,13,17,19,39-40,43-44H,3-4,6,8-10,12,14-16,18,20-38H2,1-2H3,(H,47,48)/b7-5-,13-11-,19-17-. The Morgan fingerprint density at radius 1 is 0.528 bits per heavy atom. The Morgan fingerprint density at radius 3 is 1.28 bits per heavy atom. The van der Waals surface area contributed by atoms with Crippen LogP contribution in [0.5, 0.6) is 0 Å². The van der Waals surface area contributed by atoms with Crippen molar-refractivity contribution < 1.29 is 47.8 Å². The van der Waals surface area contributed by atoms with Crippen molar-refractivity contribution in [3.8, 4) is 0 Å². The van der Waals surface area contributed by atoms with E-state index in [0.29, 0.717) is 12.8 Å². The van der Waals surface area contributed by atoms with Gasteiger partial charge in [-0.2, -0.15) is 0 Å². The summed E-state index contributed by atoms with van der Waals surface area (Å²) in [5.74, 6) is -1.03. The smallest absolute Gasteiger partial charge is 0.457 e. The van der Waals surface area contributed by atoms with Crippen LogP contribution in [0.2, 0.25) is 0 Å². The van der Waals surface area contributed by atoms with E-state index in [1.54, 1.807) is 0 Å². The molecule has 0 aromatic carbocycles. The van der Waals surface area contributed by atoms with Crippen molar-refractivity contribution in [2.75, 3.05) is 26.4 Å². The number of aliphatic hydroxyl groups excluding tert-OH is 2. The number of carbonyl (C=O) groups is 2. The van der Waals surface area contributed by atoms with E-state index in [1.165, 1.54) is 70.6 Å². The van der Waals surface area contributed by atoms with E-state index < -0.39 is 58.4 Å². The molecule has 0 heterocycles. The van der Waals surface area contributed by atoms with E-state index in [4.69, 9.17) is 18.5 Å². The van der Waals surface area contributed by atoms with E-state index in [9.17, 15) is 29.3 Å². The zero-order valence-electron chi connectivity index (χ0n) is 33.5. The van der Waals surface area contributed by atoms with E-state index >= 15 is 0 Å². The van der Waals surface area contributed by atoms with Crippen molar-refractivity contribution in [1.82, 2.24) is 0 Å². The fourth-order valence-electron chi connectivity index (χ4n) is 5.66. The lowest BCUT2D eigenvalue weighted by Crippen LogP contribution is -2.28. The average molecular weight is 773 g/mol. The molecule has 11 heteroatoms. The van der Waals surface area contributed by atoms with Gasteiger partial charge in [-0.15, -0.1) is 0 Å². The summed E-state index contributed by atoms with van der Waals surface area (Å²) in [5.41, 5.74) is 0. The zero-order valence-corrected chi connectivity index (χ0v) is 34.4. The molecule has 0 saturated carbocycles. The van der Waals surface area contributed by atoms with Gasteiger partial charge in [0.15, 0.2) is 0 Å². The van der Waals surface area contributed by atoms with Gasteiger partial charge in [0.1, 0.15) is 12.2 Å². The quantitative estimate of drug-likeness (QED) is 0.0238. The molecule has 0 aliphatic carbocycles. The van der Waals surface area contributed by atoms with Crippen LogP contribution in [-0.4, -0.2) is 65.7 Å². The molecule has 0 bridgehead atoms. The summed E-state index contributed by atoms with van der Waals surface area (Å²) in [4.78, 5) is 34.5. The molecule has 0 amide bonds. The summed E-state index contributed by atoms with van der Waals surface area (Å²) in [7, 11) is -4.64. The van der Waals surface area contributed by atoms with E-state index in [0.717, 1.165) is 70.6 Å². The maximum Gasteiger partial charge on any atom is 0.472 e. The predicted octanol–water partition coefficient (Wildman–Crippen LogP) is 10.8. The van der Waals surface area contributed by atoms with Crippen molar-refractivity contribution in [3.05, 3.63) is 36.5 Å². The number of esters is 2. The Morgan fingerprint density at radius 2 is 0.887 bits per heavy atom. The van der Waals surface area contributed by atoms with Crippen LogP contribution in [0.3, 0.4) is 0 Å². The zero-order chi connectivity index (χ0) is 39.1. The van der Waals surface area contributed by atoms with Gasteiger partial charge in [-0.3, -0.25) is 18.6 Å². The molecule has 10 nitrogen and oxygen atoms in total. The minimum atomic E-state index is -4.64. The molecule has 0 aliphatic heterocycles. The second-order valence-corrected chi connectivity index (χ2v) is 15.4. The Balaban J connectivity index is 3.95. The number of phosphoric ester groups is 1. The van der Waals surface area contributed by atoms with Gasteiger partial charge in [0.25, 0.3) is 0 Å². The minimum Gasteiger partial charge on any atom is -0.457 e. The Bertz CT molecular complexity index is 983. The average Bonchev–Trinajstić information content (AvgIpc) is 3.14. The Kier molecular flexibility index (Phi) is 37.2. The van der Waals surface area contributed by atoms with Crippen LogP contribution >= 0.6 is 7.82 Å². The number of unbranched alkanes of at least 4 members (excludes halogenated alkanes) is 19. The lowest BCUT2D eigenvalue weighted by Gasteiger charge is -2.20. The maximum atomic E-state index is 12.3. The molecule has 3 atom stereocenters. The largest absolute Gasteiger partial charge is 0.472 e. The van der Waals surface area contributed by atoms with Crippen LogP contribution in [0.15, 0.2) is 36.5 Å². The Labute approximate surface area is 322 Å². The molecule has 0 radical (unpaired) electrons. The summed E-state index contributed by atoms with van der Waals surface area (Å²) in [5, 5.41) is 19.1. The van der Waals surface area contributed by atoms with Gasteiger partial charge >= 0.3 is 19.8 Å². The van der Waals surface area contributed by atoms with Gasteiger partial charge in [0.2, 0.25) is 0 Å². The number of phosphoric acid groups is 1. The summed E-state index contributed by atoms with van der Waals surface area (Å²) in [6, 6.07) is 0. The van der Waals surface area contributed by atoms with Crippen LogP contribution < -0.4 is 0 Å². The maximum absolute atomic E-state index is 12.3. The summed E-state index contributed by atoms with van der Waals surface area (Å²) >= 11 is 0. The number of aliphatic hydroxyl groups is 2. The van der Waals surface area contributed by atoms with Gasteiger partial charge in [0.05, 0.1) is 26.4 Å². The van der Waals surface area contributed by atoms with Crippen molar-refractivity contribution in [3.63, 3.8) is 0 Å². The number of hydrogen-bond acceptors (Lipinski definition) is 9. The number of carbonyl (C=O) groups excluding carboxylic acids is 2. The fourth-order valence-corrected chi connectivity index (χ4v) is 6.44. The molecular weight excluding hydrogens is 695 g/mol. The van der Waals surface area contributed by atoms with Crippen LogP contribution in [0, 0.1) is 0 Å². The molecule has 0 aromatic rings. The van der Waals surface area contributed by atoms with E-state index in [-0.39, 0.29) is 12.8 Å². The number of hydrogen-bond donors (Lipinski definition) is 3. The molecule has 0 aliphatic rings. The first kappa shape index (κ1) is 51.2. The van der Waals surface area contributed by atoms with Crippen molar-refractivity contribution in [2.24, 2.45) is 0 Å². The first-order valence-electron chi connectivity index (χ1n) is 20.9. The summed E-state index contributed by atoms with van der Waals surface area (Å²) in [6.45, 7) is 2.08. The molecule has 0 spiro atoms. The molecule has 0 fully saturated rings. The molecule has 3 N–H and O–H groups in total. The third kappa shape index (κ3) is 36.9. The summed E-state index contributed by atoms with van der Waals surface area (Å²) in [6.07, 6.45) is 38.3. The minimum absolute atomic E-state index is 0.173. The van der Waals surface area contributed by atoms with Gasteiger partial charge in [-0.1, -0.05) is 159 Å². The highest BCUT2D eigenvalue weighted by molar-refractivity contribution is 7.47. The normalized spacial score (nSPS) is 14.3. The lowest BCUT2D eigenvalue weighted by molar-refractivity contribution is -0.153. The second kappa shape index (κ2) is 38.5. The molecule has 0 rings (SSSR count). The molecule has 3 unspecified atom stereocenters. The molecule has 0 aromatic heterocycles. The number of allylic oxidation sites excluding steroid dienone is 6. The monoisotopic (exact) mass is 773 g/mol. The van der Waals surface area contributed by atoms with Crippen molar-refractivity contribution in [1.29, 1.82) is 0 Å². The number of rotatable bonds is 39. The van der Waals surface area contributed by atoms with Crippen molar-refractivity contribution >= 4 is 19.8 Å². The highest BCUT2D eigenvalue weighted by atomic mass is 31.2. The highest BCUT2D eigenvalue weighted by Gasteiger charge is 2.27. The topological polar surface area (TPSA) is 149 Å². The van der Waals surface area contributed by atoms with Crippen LogP contribution in [0.1, 0.15) is 181 Å². The van der Waals surface area contributed by atoms with Gasteiger partial charge in [-0.05, 0) is 44.9 Å². The second-order valence-electron chi connectivity index (χ2n) is 13.9. The number of ether oxygens (including phenoxy) is 2. The molecule has 53 heavy (non-hydrogen) atoms. The van der Waals surface area contributed by atoms with E-state index in [2.05, 4.69) is 50.3 Å². The molecule has 0 saturated heterocycles. The first-order chi connectivity index (χ1) is 25.8. The SMILES string of the molecule is CC/C=C\C/C=C\C/C=C\CCCCCCCC(=O)OC(CO)COP(=O)(O)OCC(CO)OC(=O)CCCCCCCCCCCCCCCCC. The lowest BCUT2D eigenvalue weighted by atomic mass is 10.0. The van der Waals surface area contributed by atoms with Gasteiger partial charge < -0.3 is 24.6 Å². The third-order valence-corrected chi connectivity index (χ3v) is 9.82. The van der Waals surface area contributed by atoms with Crippen LogP contribution in [-0.2, 0) is 32.7 Å². The highest BCUT2D eigenvalue weighted by Crippen LogP contribution is 2.43. The summed E-state index contributed by atoms with van der Waals surface area (Å²) < 4.78 is 32.5. The van der Waals surface area contributed by atoms with E-state index in [1.807, 2.05) is 0 Å². The first-order valence-corrected chi connectivity index (χ1v) is 22.4.